The standard InChI is InChI=1S/C14H18F3N3O/c1-19(2)7-10-8-20(9-10)13(21)18-12-6-4-3-5-11(12)14(15,16)17/h3-6,10H,7-9H2,1-2H3,(H,18,21). The van der Waals surface area contributed by atoms with Crippen molar-refractivity contribution in [1.29, 1.82) is 0 Å². The molecule has 0 unspecified atom stereocenters. The van der Waals surface area contributed by atoms with Crippen molar-refractivity contribution in [3.05, 3.63) is 29.8 Å². The maximum absolute atomic E-state index is 12.8. The second-order valence-electron chi connectivity index (χ2n) is 5.51. The average Bonchev–Trinajstić information content (AvgIpc) is 2.32. The minimum absolute atomic E-state index is 0.203. The molecule has 1 N–H and O–H groups in total. The molecule has 0 saturated carbocycles. The number of nitrogens with zero attached hydrogens (tertiary/aromatic N) is 2. The zero-order chi connectivity index (χ0) is 15.6. The fourth-order valence-electron chi connectivity index (χ4n) is 2.40. The highest BCUT2D eigenvalue weighted by Crippen LogP contribution is 2.34. The molecule has 0 spiro atoms. The fraction of sp³-hybridized carbons (Fsp3) is 0.500. The van der Waals surface area contributed by atoms with E-state index in [0.29, 0.717) is 19.0 Å². The summed E-state index contributed by atoms with van der Waals surface area (Å²) in [5.41, 5.74) is -1.03. The van der Waals surface area contributed by atoms with Crippen LogP contribution in [0.2, 0.25) is 0 Å². The molecule has 1 fully saturated rings. The maximum atomic E-state index is 12.8. The van der Waals surface area contributed by atoms with Gasteiger partial charge in [0.15, 0.2) is 0 Å². The molecule has 1 heterocycles. The Balaban J connectivity index is 1.96. The van der Waals surface area contributed by atoms with Crippen LogP contribution in [0.3, 0.4) is 0 Å². The minimum Gasteiger partial charge on any atom is -0.324 e. The van der Waals surface area contributed by atoms with E-state index in [1.54, 1.807) is 0 Å². The van der Waals surface area contributed by atoms with Crippen LogP contribution in [-0.4, -0.2) is 49.6 Å². The number of benzene rings is 1. The lowest BCUT2D eigenvalue weighted by Gasteiger charge is -2.40. The van der Waals surface area contributed by atoms with Gasteiger partial charge in [-0.25, -0.2) is 4.79 Å². The molecule has 2 rings (SSSR count). The number of urea groups is 1. The number of para-hydroxylation sites is 1. The molecular formula is C14H18F3N3O. The van der Waals surface area contributed by atoms with Crippen LogP contribution in [-0.2, 0) is 6.18 Å². The van der Waals surface area contributed by atoms with Gasteiger partial charge in [0.25, 0.3) is 0 Å². The average molecular weight is 301 g/mol. The van der Waals surface area contributed by atoms with Crippen molar-refractivity contribution in [1.82, 2.24) is 9.80 Å². The van der Waals surface area contributed by atoms with Gasteiger partial charge in [0.05, 0.1) is 11.3 Å². The molecule has 2 amide bonds. The number of halogens is 3. The molecule has 0 aliphatic carbocycles. The topological polar surface area (TPSA) is 35.6 Å². The predicted molar refractivity (Wildman–Crippen MR) is 74.1 cm³/mol. The Morgan fingerprint density at radius 2 is 1.95 bits per heavy atom. The van der Waals surface area contributed by atoms with Crippen molar-refractivity contribution in [2.24, 2.45) is 5.92 Å². The van der Waals surface area contributed by atoms with Crippen LogP contribution in [0.15, 0.2) is 24.3 Å². The maximum Gasteiger partial charge on any atom is 0.418 e. The molecule has 0 aromatic heterocycles. The second-order valence-corrected chi connectivity index (χ2v) is 5.51. The summed E-state index contributed by atoms with van der Waals surface area (Å²) < 4.78 is 38.5. The first-order valence-corrected chi connectivity index (χ1v) is 6.64. The monoisotopic (exact) mass is 301 g/mol. The highest BCUT2D eigenvalue weighted by atomic mass is 19.4. The third-order valence-corrected chi connectivity index (χ3v) is 3.34. The van der Waals surface area contributed by atoms with Gasteiger partial charge in [0.2, 0.25) is 0 Å². The van der Waals surface area contributed by atoms with Gasteiger partial charge in [0.1, 0.15) is 0 Å². The lowest BCUT2D eigenvalue weighted by atomic mass is 10.0. The number of likely N-dealkylation sites (tertiary alicyclic amines) is 1. The van der Waals surface area contributed by atoms with E-state index in [1.807, 2.05) is 19.0 Å². The third-order valence-electron chi connectivity index (χ3n) is 3.34. The van der Waals surface area contributed by atoms with E-state index in [4.69, 9.17) is 0 Å². The summed E-state index contributed by atoms with van der Waals surface area (Å²) >= 11 is 0. The number of carbonyl (C=O) groups is 1. The number of carbonyl (C=O) groups excluding carboxylic acids is 1. The molecule has 0 radical (unpaired) electrons. The molecule has 1 saturated heterocycles. The van der Waals surface area contributed by atoms with E-state index in [1.165, 1.54) is 23.1 Å². The SMILES string of the molecule is CN(C)CC1CN(C(=O)Nc2ccccc2C(F)(F)F)C1. The van der Waals surface area contributed by atoms with E-state index >= 15 is 0 Å². The van der Waals surface area contributed by atoms with Gasteiger partial charge in [-0.05, 0) is 26.2 Å². The Morgan fingerprint density at radius 3 is 2.52 bits per heavy atom. The van der Waals surface area contributed by atoms with Gasteiger partial charge in [-0.3, -0.25) is 0 Å². The van der Waals surface area contributed by atoms with Crippen molar-refractivity contribution in [3.8, 4) is 0 Å². The largest absolute Gasteiger partial charge is 0.418 e. The van der Waals surface area contributed by atoms with Crippen molar-refractivity contribution < 1.29 is 18.0 Å². The number of hydrogen-bond acceptors (Lipinski definition) is 2. The Hall–Kier alpha value is -1.76. The fourth-order valence-corrected chi connectivity index (χ4v) is 2.40. The quantitative estimate of drug-likeness (QED) is 0.932. The van der Waals surface area contributed by atoms with Crippen molar-refractivity contribution in [3.63, 3.8) is 0 Å². The highest BCUT2D eigenvalue weighted by Gasteiger charge is 2.35. The van der Waals surface area contributed by atoms with Crippen molar-refractivity contribution in [2.45, 2.75) is 6.18 Å². The summed E-state index contributed by atoms with van der Waals surface area (Å²) in [5, 5.41) is 2.35. The number of rotatable bonds is 3. The van der Waals surface area contributed by atoms with Gasteiger partial charge in [-0.2, -0.15) is 13.2 Å². The summed E-state index contributed by atoms with van der Waals surface area (Å²) in [7, 11) is 3.89. The molecule has 1 aromatic carbocycles. The summed E-state index contributed by atoms with van der Waals surface area (Å²) in [6.45, 7) is 2.00. The van der Waals surface area contributed by atoms with E-state index in [9.17, 15) is 18.0 Å². The van der Waals surface area contributed by atoms with E-state index in [0.717, 1.165) is 12.6 Å². The number of nitrogens with one attached hydrogen (secondary N) is 1. The van der Waals surface area contributed by atoms with Gasteiger partial charge < -0.3 is 15.1 Å². The van der Waals surface area contributed by atoms with Crippen LogP contribution in [0.4, 0.5) is 23.7 Å². The van der Waals surface area contributed by atoms with E-state index < -0.39 is 17.8 Å². The number of amides is 2. The molecule has 0 bridgehead atoms. The Bertz CT molecular complexity index is 510. The molecule has 21 heavy (non-hydrogen) atoms. The molecule has 1 aliphatic rings. The first-order chi connectivity index (χ1) is 9.77. The van der Waals surface area contributed by atoms with Gasteiger partial charge in [-0.15, -0.1) is 0 Å². The molecule has 4 nitrogen and oxygen atoms in total. The molecule has 7 heteroatoms. The van der Waals surface area contributed by atoms with Gasteiger partial charge >= 0.3 is 12.2 Å². The number of alkyl halides is 3. The van der Waals surface area contributed by atoms with Gasteiger partial charge in [0, 0.05) is 25.6 Å². The van der Waals surface area contributed by atoms with E-state index in [-0.39, 0.29) is 5.69 Å². The zero-order valence-corrected chi connectivity index (χ0v) is 11.9. The van der Waals surface area contributed by atoms with Crippen molar-refractivity contribution in [2.75, 3.05) is 39.0 Å². The van der Waals surface area contributed by atoms with E-state index in [2.05, 4.69) is 5.32 Å². The third kappa shape index (κ3) is 3.87. The summed E-state index contributed by atoms with van der Waals surface area (Å²) in [5.74, 6) is 0.378. The van der Waals surface area contributed by atoms with Crippen LogP contribution in [0.25, 0.3) is 0 Å². The number of anilines is 1. The highest BCUT2D eigenvalue weighted by molar-refractivity contribution is 5.90. The van der Waals surface area contributed by atoms with Crippen LogP contribution in [0.5, 0.6) is 0 Å². The smallest absolute Gasteiger partial charge is 0.324 e. The Morgan fingerprint density at radius 1 is 1.33 bits per heavy atom. The minimum atomic E-state index is -4.48. The molecular weight excluding hydrogens is 283 g/mol. The Labute approximate surface area is 121 Å². The van der Waals surface area contributed by atoms with Crippen LogP contribution in [0, 0.1) is 5.92 Å². The van der Waals surface area contributed by atoms with Crippen LogP contribution < -0.4 is 5.32 Å². The molecule has 1 aliphatic heterocycles. The number of hydrogen-bond donors (Lipinski definition) is 1. The lowest BCUT2D eigenvalue weighted by molar-refractivity contribution is -0.136. The predicted octanol–water partition coefficient (Wildman–Crippen LogP) is 2.73. The summed E-state index contributed by atoms with van der Waals surface area (Å²) in [4.78, 5) is 15.5. The Kier molecular flexibility index (Phi) is 4.41. The zero-order valence-electron chi connectivity index (χ0n) is 11.9. The summed E-state index contributed by atoms with van der Waals surface area (Å²) in [6, 6.07) is 4.50. The van der Waals surface area contributed by atoms with Crippen LogP contribution >= 0.6 is 0 Å². The first-order valence-electron chi connectivity index (χ1n) is 6.64. The molecule has 1 aromatic rings. The molecule has 116 valence electrons. The molecule has 0 atom stereocenters. The van der Waals surface area contributed by atoms with Crippen LogP contribution in [0.1, 0.15) is 5.56 Å². The normalized spacial score (nSPS) is 16.0. The first kappa shape index (κ1) is 15.6. The van der Waals surface area contributed by atoms with Crippen molar-refractivity contribution >= 4 is 11.7 Å². The summed E-state index contributed by atoms with van der Waals surface area (Å²) in [6.07, 6.45) is -4.48. The van der Waals surface area contributed by atoms with Gasteiger partial charge in [-0.1, -0.05) is 12.1 Å². The second kappa shape index (κ2) is 5.93. The lowest BCUT2D eigenvalue weighted by Crippen LogP contribution is -2.54.